The van der Waals surface area contributed by atoms with Crippen LogP contribution in [0.15, 0.2) is 36.9 Å². The van der Waals surface area contributed by atoms with Gasteiger partial charge in [-0.2, -0.15) is 0 Å². The van der Waals surface area contributed by atoms with E-state index >= 15 is 0 Å². The van der Waals surface area contributed by atoms with Crippen LogP contribution in [0.1, 0.15) is 28.3 Å². The summed E-state index contributed by atoms with van der Waals surface area (Å²) < 4.78 is 0. The van der Waals surface area contributed by atoms with Crippen molar-refractivity contribution >= 4 is 6.08 Å². The van der Waals surface area contributed by atoms with Crippen molar-refractivity contribution in [3.05, 3.63) is 59.2 Å². The Labute approximate surface area is 126 Å². The first-order chi connectivity index (χ1) is 10.0. The number of phenols is 1. The molecule has 1 aliphatic carbocycles. The van der Waals surface area contributed by atoms with Crippen molar-refractivity contribution in [3.63, 3.8) is 0 Å². The van der Waals surface area contributed by atoms with Gasteiger partial charge in [-0.25, -0.2) is 0 Å². The molecule has 0 heterocycles. The average molecular weight is 279 g/mol. The van der Waals surface area contributed by atoms with Crippen molar-refractivity contribution in [2.45, 2.75) is 19.4 Å². The molecule has 3 rings (SSSR count). The molecule has 0 amide bonds. The quantitative estimate of drug-likeness (QED) is 0.892. The van der Waals surface area contributed by atoms with Gasteiger partial charge >= 0.3 is 0 Å². The monoisotopic (exact) mass is 279 g/mol. The van der Waals surface area contributed by atoms with Crippen LogP contribution in [0.4, 0.5) is 0 Å². The van der Waals surface area contributed by atoms with E-state index in [0.717, 1.165) is 17.5 Å². The van der Waals surface area contributed by atoms with Gasteiger partial charge in [0.2, 0.25) is 0 Å². The molecule has 1 N–H and O–H groups in total. The predicted molar refractivity (Wildman–Crippen MR) is 88.5 cm³/mol. The number of rotatable bonds is 2. The zero-order valence-electron chi connectivity index (χ0n) is 12.9. The smallest absolute Gasteiger partial charge is 0.123 e. The molecule has 21 heavy (non-hydrogen) atoms. The number of likely N-dealkylation sites (N-methyl/N-ethyl adjacent to an activating group) is 1. The summed E-state index contributed by atoms with van der Waals surface area (Å²) in [5.41, 5.74) is 7.15. The Morgan fingerprint density at radius 1 is 1.24 bits per heavy atom. The van der Waals surface area contributed by atoms with Gasteiger partial charge in [0.1, 0.15) is 5.75 Å². The third-order valence-corrected chi connectivity index (χ3v) is 4.48. The highest BCUT2D eigenvalue weighted by Crippen LogP contribution is 2.45. The lowest BCUT2D eigenvalue weighted by atomic mass is 9.78. The predicted octanol–water partition coefficient (Wildman–Crippen LogP) is 4.17. The van der Waals surface area contributed by atoms with Crippen LogP contribution in [0.5, 0.6) is 5.75 Å². The second kappa shape index (κ2) is 5.05. The fourth-order valence-electron chi connectivity index (χ4n) is 3.44. The van der Waals surface area contributed by atoms with E-state index in [-0.39, 0.29) is 0 Å². The van der Waals surface area contributed by atoms with Crippen LogP contribution < -0.4 is 0 Å². The highest BCUT2D eigenvalue weighted by Gasteiger charge is 2.29. The maximum Gasteiger partial charge on any atom is 0.123 e. The SMILES string of the molecule is C=Cc1c(O)ccc2c1-c1cccc(C)c1C(N(C)C)C2. The van der Waals surface area contributed by atoms with Crippen molar-refractivity contribution in [3.8, 4) is 16.9 Å². The molecule has 1 atom stereocenters. The standard InChI is InChI=1S/C19H21NO/c1-5-14-17(21)10-9-13-11-16(20(3)4)18-12(2)7-6-8-15(18)19(13)14/h5-10,16,21H,1,11H2,2-4H3. The molecule has 2 heteroatoms. The molecule has 0 saturated heterocycles. The number of hydrogen-bond donors (Lipinski definition) is 1. The fraction of sp³-hybridized carbons (Fsp3) is 0.263. The largest absolute Gasteiger partial charge is 0.507 e. The number of aromatic hydroxyl groups is 1. The molecular formula is C19H21NO. The van der Waals surface area contributed by atoms with Gasteiger partial charge < -0.3 is 10.0 Å². The summed E-state index contributed by atoms with van der Waals surface area (Å²) in [4.78, 5) is 2.27. The second-order valence-electron chi connectivity index (χ2n) is 5.96. The van der Waals surface area contributed by atoms with E-state index in [2.05, 4.69) is 50.7 Å². The third kappa shape index (κ3) is 2.07. The molecule has 1 unspecified atom stereocenters. The molecule has 2 aromatic carbocycles. The summed E-state index contributed by atoms with van der Waals surface area (Å²) in [6.07, 6.45) is 2.72. The molecule has 0 aliphatic heterocycles. The van der Waals surface area contributed by atoms with Crippen LogP contribution in [0, 0.1) is 6.92 Å². The Kier molecular flexibility index (Phi) is 3.34. The lowest BCUT2D eigenvalue weighted by Gasteiger charge is -2.34. The number of nitrogens with zero attached hydrogens (tertiary/aromatic N) is 1. The highest BCUT2D eigenvalue weighted by atomic mass is 16.3. The van der Waals surface area contributed by atoms with Crippen LogP contribution in [0.2, 0.25) is 0 Å². The molecule has 0 fully saturated rings. The number of benzene rings is 2. The minimum atomic E-state index is 0.305. The maximum absolute atomic E-state index is 10.2. The molecule has 1 aliphatic rings. The summed E-state index contributed by atoms with van der Waals surface area (Å²) in [7, 11) is 4.25. The maximum atomic E-state index is 10.2. The molecule has 108 valence electrons. The topological polar surface area (TPSA) is 23.5 Å². The molecule has 0 radical (unpaired) electrons. The molecular weight excluding hydrogens is 258 g/mol. The van der Waals surface area contributed by atoms with Gasteiger partial charge in [0.15, 0.2) is 0 Å². The first-order valence-electron chi connectivity index (χ1n) is 7.28. The summed E-state index contributed by atoms with van der Waals surface area (Å²) in [5.74, 6) is 0.305. The van der Waals surface area contributed by atoms with E-state index in [1.807, 2.05) is 6.07 Å². The first-order valence-corrected chi connectivity index (χ1v) is 7.28. The van der Waals surface area contributed by atoms with Crippen LogP contribution >= 0.6 is 0 Å². The fourth-order valence-corrected chi connectivity index (χ4v) is 3.44. The molecule has 0 spiro atoms. The van der Waals surface area contributed by atoms with Gasteiger partial charge in [0, 0.05) is 11.6 Å². The van der Waals surface area contributed by atoms with E-state index in [4.69, 9.17) is 0 Å². The summed E-state index contributed by atoms with van der Waals surface area (Å²) in [5, 5.41) is 10.2. The minimum absolute atomic E-state index is 0.305. The average Bonchev–Trinajstić information content (AvgIpc) is 2.46. The Morgan fingerprint density at radius 3 is 2.67 bits per heavy atom. The Balaban J connectivity index is 2.36. The lowest BCUT2D eigenvalue weighted by Crippen LogP contribution is -2.26. The number of aryl methyl sites for hydroxylation is 1. The Bertz CT molecular complexity index is 716. The van der Waals surface area contributed by atoms with Gasteiger partial charge in [-0.05, 0) is 61.3 Å². The molecule has 2 nitrogen and oxygen atoms in total. The van der Waals surface area contributed by atoms with Gasteiger partial charge in [-0.3, -0.25) is 0 Å². The summed E-state index contributed by atoms with van der Waals surface area (Å²) in [6, 6.07) is 10.6. The van der Waals surface area contributed by atoms with E-state index in [1.54, 1.807) is 12.1 Å². The van der Waals surface area contributed by atoms with Crippen LogP contribution in [0.25, 0.3) is 17.2 Å². The van der Waals surface area contributed by atoms with Crippen molar-refractivity contribution < 1.29 is 5.11 Å². The zero-order chi connectivity index (χ0) is 15.1. The van der Waals surface area contributed by atoms with E-state index in [0.29, 0.717) is 11.8 Å². The molecule has 0 aromatic heterocycles. The lowest BCUT2D eigenvalue weighted by molar-refractivity contribution is 0.295. The highest BCUT2D eigenvalue weighted by molar-refractivity contribution is 5.85. The van der Waals surface area contributed by atoms with Gasteiger partial charge in [-0.1, -0.05) is 36.9 Å². The molecule has 0 bridgehead atoms. The number of phenolic OH excluding ortho intramolecular Hbond substituents is 1. The zero-order valence-corrected chi connectivity index (χ0v) is 12.9. The van der Waals surface area contributed by atoms with Gasteiger partial charge in [0.05, 0.1) is 0 Å². The van der Waals surface area contributed by atoms with Crippen LogP contribution in [-0.4, -0.2) is 24.1 Å². The third-order valence-electron chi connectivity index (χ3n) is 4.48. The number of hydrogen-bond acceptors (Lipinski definition) is 2. The van der Waals surface area contributed by atoms with Crippen LogP contribution in [-0.2, 0) is 6.42 Å². The summed E-state index contributed by atoms with van der Waals surface area (Å²) in [6.45, 7) is 6.04. The van der Waals surface area contributed by atoms with Gasteiger partial charge in [0.25, 0.3) is 0 Å². The van der Waals surface area contributed by atoms with Crippen molar-refractivity contribution in [2.24, 2.45) is 0 Å². The van der Waals surface area contributed by atoms with E-state index in [1.165, 1.54) is 22.3 Å². The van der Waals surface area contributed by atoms with Crippen molar-refractivity contribution in [1.29, 1.82) is 0 Å². The molecule has 0 saturated carbocycles. The minimum Gasteiger partial charge on any atom is -0.507 e. The summed E-state index contributed by atoms with van der Waals surface area (Å²) >= 11 is 0. The normalized spacial score (nSPS) is 16.5. The van der Waals surface area contributed by atoms with Gasteiger partial charge in [-0.15, -0.1) is 0 Å². The molecule has 2 aromatic rings. The van der Waals surface area contributed by atoms with E-state index in [9.17, 15) is 5.11 Å². The number of fused-ring (bicyclic) bond motifs is 3. The van der Waals surface area contributed by atoms with Crippen molar-refractivity contribution in [1.82, 2.24) is 4.90 Å². The Morgan fingerprint density at radius 2 is 2.00 bits per heavy atom. The Hall–Kier alpha value is -2.06. The van der Waals surface area contributed by atoms with Crippen molar-refractivity contribution in [2.75, 3.05) is 14.1 Å². The first kappa shape index (κ1) is 13.9. The second-order valence-corrected chi connectivity index (χ2v) is 5.96. The van der Waals surface area contributed by atoms with Crippen LogP contribution in [0.3, 0.4) is 0 Å². The van der Waals surface area contributed by atoms with E-state index < -0.39 is 0 Å².